The Morgan fingerprint density at radius 3 is 3.00 bits per heavy atom. The normalized spacial score (nSPS) is 8.50. The minimum Gasteiger partial charge on any atom is -0.267 e. The largest absolute Gasteiger partial charge is 0.271 e. The van der Waals surface area contributed by atoms with Crippen LogP contribution >= 0.6 is 0 Å². The van der Waals surface area contributed by atoms with Crippen molar-refractivity contribution < 1.29 is 0 Å². The molecule has 0 aliphatic carbocycles. The molecule has 0 unspecified atom stereocenters. The third kappa shape index (κ3) is 1.11. The van der Waals surface area contributed by atoms with Crippen molar-refractivity contribution in [2.75, 3.05) is 0 Å². The van der Waals surface area contributed by atoms with E-state index in [2.05, 4.69) is 9.97 Å². The summed E-state index contributed by atoms with van der Waals surface area (Å²) in [6.45, 7) is 0. The highest BCUT2D eigenvalue weighted by Crippen LogP contribution is 1.61. The average molecular weight is 108 g/mol. The Bertz CT molecular complexity index is 201. The molecule has 8 heavy (non-hydrogen) atoms. The predicted octanol–water partition coefficient (Wildman–Crippen LogP) is -0.163. The van der Waals surface area contributed by atoms with Gasteiger partial charge in [-0.25, -0.2) is 4.98 Å². The van der Waals surface area contributed by atoms with E-state index in [9.17, 15) is 4.79 Å². The standard InChI is InChI=1S/C5H4N2O/c8-5-1-2-6-3-4-7-5/h1-4H. The van der Waals surface area contributed by atoms with E-state index in [1.807, 2.05) is 0 Å². The zero-order valence-electron chi connectivity index (χ0n) is 4.11. The molecule has 0 radical (unpaired) electrons. The fourth-order valence-corrected chi connectivity index (χ4v) is 0.345. The van der Waals surface area contributed by atoms with E-state index >= 15 is 0 Å². The van der Waals surface area contributed by atoms with Crippen LogP contribution in [0.1, 0.15) is 0 Å². The van der Waals surface area contributed by atoms with Gasteiger partial charge >= 0.3 is 0 Å². The summed E-state index contributed by atoms with van der Waals surface area (Å²) in [5, 5.41) is 0. The van der Waals surface area contributed by atoms with Crippen LogP contribution in [0, 0.1) is 0 Å². The van der Waals surface area contributed by atoms with Gasteiger partial charge < -0.3 is 0 Å². The van der Waals surface area contributed by atoms with Crippen LogP contribution in [0.15, 0.2) is 29.5 Å². The van der Waals surface area contributed by atoms with Crippen LogP contribution in [-0.4, -0.2) is 9.97 Å². The molecule has 0 aliphatic rings. The van der Waals surface area contributed by atoms with Gasteiger partial charge in [-0.05, 0) is 0 Å². The van der Waals surface area contributed by atoms with E-state index < -0.39 is 0 Å². The van der Waals surface area contributed by atoms with E-state index in [-0.39, 0.29) is 5.56 Å². The van der Waals surface area contributed by atoms with Gasteiger partial charge in [0.25, 0.3) is 5.56 Å². The maximum absolute atomic E-state index is 10.3. The Morgan fingerprint density at radius 1 is 1.25 bits per heavy atom. The molecule has 40 valence electrons. The van der Waals surface area contributed by atoms with Crippen molar-refractivity contribution in [2.24, 2.45) is 0 Å². The van der Waals surface area contributed by atoms with E-state index in [0.717, 1.165) is 0 Å². The molecule has 0 amide bonds. The molecule has 0 aliphatic heterocycles. The molecule has 1 rings (SSSR count). The van der Waals surface area contributed by atoms with E-state index in [1.165, 1.54) is 24.7 Å². The Hall–Kier alpha value is -1.25. The summed E-state index contributed by atoms with van der Waals surface area (Å²) >= 11 is 0. The molecule has 3 nitrogen and oxygen atoms in total. The monoisotopic (exact) mass is 108 g/mol. The molecule has 0 saturated carbocycles. The summed E-state index contributed by atoms with van der Waals surface area (Å²) in [5.74, 6) is 0. The number of aromatic nitrogens is 2. The number of nitrogens with zero attached hydrogens (tertiary/aromatic N) is 2. The molecule has 1 aromatic heterocycles. The van der Waals surface area contributed by atoms with Crippen molar-refractivity contribution in [3.05, 3.63) is 35.0 Å². The number of rotatable bonds is 0. The first-order chi connectivity index (χ1) is 3.89. The average Bonchev–Trinajstić information content (AvgIpc) is 1.94. The first-order valence-electron chi connectivity index (χ1n) is 2.16. The summed E-state index contributed by atoms with van der Waals surface area (Å²) in [7, 11) is 0. The minimum atomic E-state index is -0.262. The van der Waals surface area contributed by atoms with Crippen LogP contribution in [0.5, 0.6) is 0 Å². The van der Waals surface area contributed by atoms with E-state index in [0.29, 0.717) is 0 Å². The highest BCUT2D eigenvalue weighted by Gasteiger charge is 1.71. The highest BCUT2D eigenvalue weighted by atomic mass is 16.1. The number of hydrogen-bond acceptors (Lipinski definition) is 3. The first kappa shape index (κ1) is 4.90. The summed E-state index contributed by atoms with van der Waals surface area (Å²) in [6, 6.07) is 1.31. The van der Waals surface area contributed by atoms with Crippen LogP contribution < -0.4 is 5.56 Å². The van der Waals surface area contributed by atoms with Gasteiger partial charge in [0.2, 0.25) is 0 Å². The second-order valence-corrected chi connectivity index (χ2v) is 1.23. The van der Waals surface area contributed by atoms with Crippen molar-refractivity contribution in [3.63, 3.8) is 0 Å². The van der Waals surface area contributed by atoms with E-state index in [4.69, 9.17) is 0 Å². The first-order valence-corrected chi connectivity index (χ1v) is 2.16. The zero-order chi connectivity index (χ0) is 5.82. The molecule has 3 heteroatoms. The summed E-state index contributed by atoms with van der Waals surface area (Å²) in [4.78, 5) is 17.4. The maximum Gasteiger partial charge on any atom is 0.271 e. The van der Waals surface area contributed by atoms with Gasteiger partial charge in [-0.15, -0.1) is 0 Å². The summed E-state index contributed by atoms with van der Waals surface area (Å²) in [6.07, 6.45) is 4.24. The van der Waals surface area contributed by atoms with Crippen LogP contribution in [0.3, 0.4) is 0 Å². The van der Waals surface area contributed by atoms with Gasteiger partial charge in [0.1, 0.15) is 0 Å². The highest BCUT2D eigenvalue weighted by molar-refractivity contribution is 4.78. The second-order valence-electron chi connectivity index (χ2n) is 1.23. The molecule has 0 aromatic carbocycles. The third-order valence-corrected chi connectivity index (χ3v) is 0.658. The molecule has 1 aromatic rings. The molecule has 0 N–H and O–H groups in total. The Kier molecular flexibility index (Phi) is 1.32. The van der Waals surface area contributed by atoms with Crippen LogP contribution in [0.2, 0.25) is 0 Å². The van der Waals surface area contributed by atoms with E-state index in [1.54, 1.807) is 0 Å². The van der Waals surface area contributed by atoms with Gasteiger partial charge in [-0.1, -0.05) is 0 Å². The van der Waals surface area contributed by atoms with Crippen LogP contribution in [0.4, 0.5) is 0 Å². The molecule has 0 atom stereocenters. The Morgan fingerprint density at radius 2 is 2.12 bits per heavy atom. The topological polar surface area (TPSA) is 42.9 Å². The van der Waals surface area contributed by atoms with Gasteiger partial charge in [-0.2, -0.15) is 0 Å². The Balaban J connectivity index is 3.32. The fourth-order valence-electron chi connectivity index (χ4n) is 0.345. The van der Waals surface area contributed by atoms with Gasteiger partial charge in [0, 0.05) is 24.7 Å². The summed E-state index contributed by atoms with van der Waals surface area (Å²) in [5.41, 5.74) is -0.262. The molecule has 1 heterocycles. The molecule has 0 saturated heterocycles. The molecule has 0 bridgehead atoms. The SMILES string of the molecule is O=c1ccnccn1. The summed E-state index contributed by atoms with van der Waals surface area (Å²) < 4.78 is 0. The van der Waals surface area contributed by atoms with Crippen LogP contribution in [0.25, 0.3) is 0 Å². The maximum atomic E-state index is 10.3. The van der Waals surface area contributed by atoms with Crippen molar-refractivity contribution in [2.45, 2.75) is 0 Å². The Labute approximate surface area is 46.0 Å². The van der Waals surface area contributed by atoms with Crippen molar-refractivity contribution >= 4 is 0 Å². The number of hydrogen-bond donors (Lipinski definition) is 0. The molecular weight excluding hydrogens is 104 g/mol. The third-order valence-electron chi connectivity index (χ3n) is 0.658. The zero-order valence-corrected chi connectivity index (χ0v) is 4.11. The van der Waals surface area contributed by atoms with Crippen molar-refractivity contribution in [1.82, 2.24) is 9.97 Å². The fraction of sp³-hybridized carbons (Fsp3) is 0. The smallest absolute Gasteiger partial charge is 0.267 e. The van der Waals surface area contributed by atoms with Gasteiger partial charge in [0.05, 0.1) is 0 Å². The lowest BCUT2D eigenvalue weighted by Crippen LogP contribution is -1.95. The van der Waals surface area contributed by atoms with Crippen molar-refractivity contribution in [3.8, 4) is 0 Å². The van der Waals surface area contributed by atoms with Gasteiger partial charge in [-0.3, -0.25) is 9.78 Å². The van der Waals surface area contributed by atoms with Crippen molar-refractivity contribution in [1.29, 1.82) is 0 Å². The van der Waals surface area contributed by atoms with Gasteiger partial charge in [0.15, 0.2) is 0 Å². The lowest BCUT2D eigenvalue weighted by atomic mass is 10.7. The lowest BCUT2D eigenvalue weighted by Gasteiger charge is -1.55. The second kappa shape index (κ2) is 2.16. The quantitative estimate of drug-likeness (QED) is 0.463. The molecule has 0 fully saturated rings. The molecule has 0 spiro atoms. The predicted molar refractivity (Wildman–Crippen MR) is 28.3 cm³/mol. The molecular formula is C5H4N2O. The lowest BCUT2D eigenvalue weighted by molar-refractivity contribution is 1.27. The minimum absolute atomic E-state index is 0.262. The van der Waals surface area contributed by atoms with Crippen LogP contribution in [-0.2, 0) is 0 Å².